The average molecular weight is 276 g/mol. The van der Waals surface area contributed by atoms with Crippen LogP contribution in [0.1, 0.15) is 72.6 Å². The van der Waals surface area contributed by atoms with Gasteiger partial charge in [0.25, 0.3) is 0 Å². The molecular weight excluding hydrogens is 240 g/mol. The molecule has 0 aromatic carbocycles. The van der Waals surface area contributed by atoms with Gasteiger partial charge in [0.1, 0.15) is 0 Å². The van der Waals surface area contributed by atoms with Gasteiger partial charge in [0, 0.05) is 13.2 Å². The second kappa shape index (κ2) is 17.9. The number of unbranched alkanes of at least 4 members (excludes halogenated alkanes) is 3. The predicted molar refractivity (Wildman–Crippen MR) is 82.4 cm³/mol. The average Bonchev–Trinajstić information content (AvgIpc) is 2.42. The van der Waals surface area contributed by atoms with Crippen LogP contribution in [0.2, 0.25) is 0 Å². The molecule has 3 nitrogen and oxygen atoms in total. The maximum atomic E-state index is 8.11. The fraction of sp³-hybridized carbons (Fsp3) is 1.00. The molecule has 0 aromatic rings. The van der Waals surface area contributed by atoms with Crippen molar-refractivity contribution in [3.63, 3.8) is 0 Å². The van der Waals surface area contributed by atoms with Gasteiger partial charge in [-0.15, -0.1) is 0 Å². The lowest BCUT2D eigenvalue weighted by Gasteiger charge is -2.14. The van der Waals surface area contributed by atoms with Crippen LogP contribution in [0.25, 0.3) is 0 Å². The quantitative estimate of drug-likeness (QED) is 0.565. The molecule has 0 saturated heterocycles. The minimum atomic E-state index is -0.560. The van der Waals surface area contributed by atoms with Crippen LogP contribution >= 0.6 is 0 Å². The second-order valence-corrected chi connectivity index (χ2v) is 5.23. The Morgan fingerprint density at radius 2 is 1.58 bits per heavy atom. The Balaban J connectivity index is 0. The largest absolute Gasteiger partial charge is 0.394 e. The standard InChI is InChI=1S/C13H28O.C3H8O2/c1-4-7-9-11-14-12-13(6-3)10-8-5-2;1-3(5)2-4/h13H,4-12H2,1-3H3;3-5H,2H2,1H3. The van der Waals surface area contributed by atoms with E-state index in [-0.39, 0.29) is 6.61 Å². The van der Waals surface area contributed by atoms with E-state index in [0.717, 1.165) is 19.1 Å². The first kappa shape index (κ1) is 21.2. The van der Waals surface area contributed by atoms with Gasteiger partial charge in [-0.25, -0.2) is 0 Å². The summed E-state index contributed by atoms with van der Waals surface area (Å²) >= 11 is 0. The summed E-state index contributed by atoms with van der Waals surface area (Å²) in [6, 6.07) is 0. The Kier molecular flexibility index (Phi) is 19.9. The van der Waals surface area contributed by atoms with Crippen LogP contribution in [-0.2, 0) is 4.74 Å². The molecule has 0 radical (unpaired) electrons. The molecule has 2 atom stereocenters. The van der Waals surface area contributed by atoms with Crippen LogP contribution in [0.5, 0.6) is 0 Å². The molecule has 2 N–H and O–H groups in total. The number of rotatable bonds is 11. The van der Waals surface area contributed by atoms with E-state index >= 15 is 0 Å². The summed E-state index contributed by atoms with van der Waals surface area (Å²) in [5.74, 6) is 0.802. The Hall–Kier alpha value is -0.120. The summed E-state index contributed by atoms with van der Waals surface area (Å²) in [5, 5.41) is 16.0. The highest BCUT2D eigenvalue weighted by atomic mass is 16.5. The zero-order valence-electron chi connectivity index (χ0n) is 13.5. The van der Waals surface area contributed by atoms with E-state index in [2.05, 4.69) is 20.8 Å². The molecular formula is C16H36O3. The Morgan fingerprint density at radius 3 is 2.00 bits per heavy atom. The highest BCUT2D eigenvalue weighted by Crippen LogP contribution is 2.12. The van der Waals surface area contributed by atoms with Crippen LogP contribution < -0.4 is 0 Å². The summed E-state index contributed by atoms with van der Waals surface area (Å²) in [6.07, 6.45) is 8.57. The first-order valence-electron chi connectivity index (χ1n) is 7.98. The third kappa shape index (κ3) is 20.4. The number of hydrogen-bond acceptors (Lipinski definition) is 3. The molecule has 0 heterocycles. The first-order valence-corrected chi connectivity index (χ1v) is 7.98. The van der Waals surface area contributed by atoms with E-state index in [4.69, 9.17) is 14.9 Å². The Bertz CT molecular complexity index is 149. The van der Waals surface area contributed by atoms with Crippen LogP contribution in [0.4, 0.5) is 0 Å². The first-order chi connectivity index (χ1) is 9.12. The summed E-state index contributed by atoms with van der Waals surface area (Å²) in [7, 11) is 0. The van der Waals surface area contributed by atoms with Crippen molar-refractivity contribution < 1.29 is 14.9 Å². The summed E-state index contributed by atoms with van der Waals surface area (Å²) < 4.78 is 5.69. The molecule has 3 heteroatoms. The number of ether oxygens (including phenoxy) is 1. The third-order valence-electron chi connectivity index (χ3n) is 3.05. The van der Waals surface area contributed by atoms with Crippen molar-refractivity contribution in [1.29, 1.82) is 0 Å². The normalized spacial score (nSPS) is 13.6. The van der Waals surface area contributed by atoms with Crippen molar-refractivity contribution in [3.05, 3.63) is 0 Å². The molecule has 118 valence electrons. The number of hydrogen-bond donors (Lipinski definition) is 2. The fourth-order valence-corrected chi connectivity index (χ4v) is 1.60. The molecule has 19 heavy (non-hydrogen) atoms. The molecule has 0 saturated carbocycles. The molecule has 0 aliphatic carbocycles. The zero-order chi connectivity index (χ0) is 14.9. The maximum absolute atomic E-state index is 8.11. The lowest BCUT2D eigenvalue weighted by molar-refractivity contribution is 0.0911. The van der Waals surface area contributed by atoms with Crippen molar-refractivity contribution in [2.45, 2.75) is 78.7 Å². The summed E-state index contributed by atoms with van der Waals surface area (Å²) in [6.45, 7) is 10.1. The molecule has 0 fully saturated rings. The third-order valence-corrected chi connectivity index (χ3v) is 3.05. The van der Waals surface area contributed by atoms with Crippen molar-refractivity contribution in [2.75, 3.05) is 19.8 Å². The van der Waals surface area contributed by atoms with Gasteiger partial charge in [-0.2, -0.15) is 0 Å². The highest BCUT2D eigenvalue weighted by molar-refractivity contribution is 4.55. The van der Waals surface area contributed by atoms with Gasteiger partial charge in [-0.1, -0.05) is 52.9 Å². The predicted octanol–water partition coefficient (Wildman–Crippen LogP) is 3.77. The fourth-order valence-electron chi connectivity index (χ4n) is 1.60. The summed E-state index contributed by atoms with van der Waals surface area (Å²) in [4.78, 5) is 0. The zero-order valence-corrected chi connectivity index (χ0v) is 13.5. The van der Waals surface area contributed by atoms with Gasteiger partial charge in [0.15, 0.2) is 0 Å². The van der Waals surface area contributed by atoms with E-state index in [9.17, 15) is 0 Å². The minimum Gasteiger partial charge on any atom is -0.394 e. The lowest BCUT2D eigenvalue weighted by Crippen LogP contribution is -2.09. The van der Waals surface area contributed by atoms with E-state index in [0.29, 0.717) is 0 Å². The Morgan fingerprint density at radius 1 is 1.00 bits per heavy atom. The van der Waals surface area contributed by atoms with Gasteiger partial charge >= 0.3 is 0 Å². The second-order valence-electron chi connectivity index (χ2n) is 5.23. The molecule has 0 spiro atoms. The number of aliphatic hydroxyl groups excluding tert-OH is 2. The van der Waals surface area contributed by atoms with E-state index in [1.807, 2.05) is 0 Å². The lowest BCUT2D eigenvalue weighted by atomic mass is 10.0. The van der Waals surface area contributed by atoms with Gasteiger partial charge < -0.3 is 14.9 Å². The summed E-state index contributed by atoms with van der Waals surface area (Å²) in [5.41, 5.74) is 0. The molecule has 0 aliphatic heterocycles. The molecule has 2 unspecified atom stereocenters. The van der Waals surface area contributed by atoms with E-state index < -0.39 is 6.10 Å². The van der Waals surface area contributed by atoms with Crippen molar-refractivity contribution >= 4 is 0 Å². The SMILES string of the molecule is CC(O)CO.CCCCCOCC(CC)CCCC. The molecule has 0 aliphatic rings. The van der Waals surface area contributed by atoms with Gasteiger partial charge in [-0.05, 0) is 25.7 Å². The van der Waals surface area contributed by atoms with Crippen molar-refractivity contribution in [2.24, 2.45) is 5.92 Å². The van der Waals surface area contributed by atoms with E-state index in [1.165, 1.54) is 51.9 Å². The Labute approximate surface area is 120 Å². The molecule has 0 bridgehead atoms. The van der Waals surface area contributed by atoms with Gasteiger partial charge in [0.05, 0.1) is 12.7 Å². The molecule has 0 amide bonds. The number of aliphatic hydroxyl groups is 2. The van der Waals surface area contributed by atoms with Crippen LogP contribution in [0, 0.1) is 5.92 Å². The van der Waals surface area contributed by atoms with Crippen molar-refractivity contribution in [3.8, 4) is 0 Å². The molecule has 0 rings (SSSR count). The van der Waals surface area contributed by atoms with Crippen LogP contribution in [0.3, 0.4) is 0 Å². The van der Waals surface area contributed by atoms with E-state index in [1.54, 1.807) is 0 Å². The minimum absolute atomic E-state index is 0.139. The molecule has 0 aromatic heterocycles. The van der Waals surface area contributed by atoms with Crippen molar-refractivity contribution in [1.82, 2.24) is 0 Å². The van der Waals surface area contributed by atoms with Gasteiger partial charge in [-0.3, -0.25) is 0 Å². The topological polar surface area (TPSA) is 49.7 Å². The van der Waals surface area contributed by atoms with Crippen LogP contribution in [-0.4, -0.2) is 36.1 Å². The van der Waals surface area contributed by atoms with Crippen LogP contribution in [0.15, 0.2) is 0 Å². The maximum Gasteiger partial charge on any atom is 0.0742 e. The smallest absolute Gasteiger partial charge is 0.0742 e. The monoisotopic (exact) mass is 276 g/mol. The van der Waals surface area contributed by atoms with Gasteiger partial charge in [0.2, 0.25) is 0 Å². The highest BCUT2D eigenvalue weighted by Gasteiger charge is 2.05.